The molecule has 5 nitrogen and oxygen atoms in total. The molecule has 3 aromatic heterocycles. The van der Waals surface area contributed by atoms with Gasteiger partial charge < -0.3 is 0 Å². The quantitative estimate of drug-likeness (QED) is 0.571. The molecule has 0 bridgehead atoms. The Bertz CT molecular complexity index is 712. The fourth-order valence-corrected chi connectivity index (χ4v) is 4.04. The third kappa shape index (κ3) is 3.87. The molecule has 0 unspecified atom stereocenters. The summed E-state index contributed by atoms with van der Waals surface area (Å²) in [5, 5.41) is 13.4. The Morgan fingerprint density at radius 3 is 2.86 bits per heavy atom. The highest BCUT2D eigenvalue weighted by Gasteiger charge is 2.10. The van der Waals surface area contributed by atoms with Crippen LogP contribution in [0.2, 0.25) is 0 Å². The van der Waals surface area contributed by atoms with Crippen LogP contribution in [0.15, 0.2) is 46.4 Å². The Labute approximate surface area is 133 Å². The molecule has 1 N–H and O–H groups in total. The number of thiophene rings is 1. The van der Waals surface area contributed by atoms with Crippen molar-refractivity contribution < 1.29 is 4.79 Å². The van der Waals surface area contributed by atoms with Crippen LogP contribution in [0, 0.1) is 0 Å². The molecule has 0 saturated heterocycles. The lowest BCUT2D eigenvalue weighted by Crippen LogP contribution is -2.11. The highest BCUT2D eigenvalue weighted by atomic mass is 32.2. The molecule has 3 rings (SSSR count). The molecule has 0 aliphatic rings. The maximum atomic E-state index is 12.0. The fourth-order valence-electron chi connectivity index (χ4n) is 1.52. The van der Waals surface area contributed by atoms with Crippen molar-refractivity contribution in [3.05, 3.63) is 52.5 Å². The monoisotopic (exact) mass is 334 g/mol. The summed E-state index contributed by atoms with van der Waals surface area (Å²) >= 11 is 4.71. The number of carbonyl (C=O) groups excluding carboxylic acids is 1. The SMILES string of the molecule is O=C(Nc1nnc(SCc2cccs2)s1)c1ccncc1. The summed E-state index contributed by atoms with van der Waals surface area (Å²) in [6, 6.07) is 7.43. The number of nitrogens with one attached hydrogen (secondary N) is 1. The van der Waals surface area contributed by atoms with E-state index in [-0.39, 0.29) is 5.91 Å². The van der Waals surface area contributed by atoms with Crippen molar-refractivity contribution in [3.63, 3.8) is 0 Å². The Hall–Kier alpha value is -1.77. The number of thioether (sulfide) groups is 1. The second-order valence-electron chi connectivity index (χ2n) is 3.93. The lowest BCUT2D eigenvalue weighted by Gasteiger charge is -1.99. The largest absolute Gasteiger partial charge is 0.296 e. The van der Waals surface area contributed by atoms with Crippen molar-refractivity contribution in [1.29, 1.82) is 0 Å². The molecule has 21 heavy (non-hydrogen) atoms. The third-order valence-electron chi connectivity index (χ3n) is 2.49. The van der Waals surface area contributed by atoms with Crippen LogP contribution in [0.5, 0.6) is 0 Å². The fraction of sp³-hybridized carbons (Fsp3) is 0.0769. The van der Waals surface area contributed by atoms with Crippen LogP contribution in [0.4, 0.5) is 5.13 Å². The molecular formula is C13H10N4OS3. The standard InChI is InChI=1S/C13H10N4OS3/c18-11(9-3-5-14-6-4-9)15-12-16-17-13(21-12)20-8-10-2-1-7-19-10/h1-7H,8H2,(H,15,16,18). The van der Waals surface area contributed by atoms with Gasteiger partial charge in [-0.25, -0.2) is 0 Å². The molecule has 3 aromatic rings. The summed E-state index contributed by atoms with van der Waals surface area (Å²) in [6.45, 7) is 0. The maximum Gasteiger partial charge on any atom is 0.257 e. The van der Waals surface area contributed by atoms with E-state index in [1.807, 2.05) is 6.07 Å². The normalized spacial score (nSPS) is 10.5. The van der Waals surface area contributed by atoms with Gasteiger partial charge in [0.25, 0.3) is 5.91 Å². The first-order valence-electron chi connectivity index (χ1n) is 6.01. The van der Waals surface area contributed by atoms with E-state index in [2.05, 4.69) is 31.9 Å². The zero-order valence-electron chi connectivity index (χ0n) is 10.7. The number of aromatic nitrogens is 3. The number of carbonyl (C=O) groups is 1. The zero-order chi connectivity index (χ0) is 14.5. The Kier molecular flexibility index (Phi) is 4.59. The molecule has 0 fully saturated rings. The van der Waals surface area contributed by atoms with Gasteiger partial charge in [-0.3, -0.25) is 15.1 Å². The van der Waals surface area contributed by atoms with E-state index in [1.54, 1.807) is 47.6 Å². The van der Waals surface area contributed by atoms with Crippen LogP contribution >= 0.6 is 34.4 Å². The topological polar surface area (TPSA) is 67.8 Å². The highest BCUT2D eigenvalue weighted by Crippen LogP contribution is 2.29. The number of hydrogen-bond donors (Lipinski definition) is 1. The van der Waals surface area contributed by atoms with Crippen molar-refractivity contribution in [2.24, 2.45) is 0 Å². The zero-order valence-corrected chi connectivity index (χ0v) is 13.2. The van der Waals surface area contributed by atoms with Crippen molar-refractivity contribution >= 4 is 45.5 Å². The molecule has 0 aliphatic heterocycles. The van der Waals surface area contributed by atoms with Crippen molar-refractivity contribution in [2.75, 3.05) is 5.32 Å². The molecule has 0 spiro atoms. The smallest absolute Gasteiger partial charge is 0.257 e. The van der Waals surface area contributed by atoms with Gasteiger partial charge in [-0.15, -0.1) is 21.5 Å². The van der Waals surface area contributed by atoms with E-state index in [0.717, 1.165) is 10.1 Å². The molecule has 3 heterocycles. The molecule has 0 atom stereocenters. The second kappa shape index (κ2) is 6.79. The molecular weight excluding hydrogens is 324 g/mol. The van der Waals surface area contributed by atoms with Gasteiger partial charge in [-0.1, -0.05) is 29.2 Å². The lowest BCUT2D eigenvalue weighted by molar-refractivity contribution is 0.102. The van der Waals surface area contributed by atoms with Gasteiger partial charge in [-0.05, 0) is 23.6 Å². The number of amides is 1. The Morgan fingerprint density at radius 2 is 2.10 bits per heavy atom. The number of pyridine rings is 1. The van der Waals surface area contributed by atoms with Crippen LogP contribution in [-0.4, -0.2) is 21.1 Å². The van der Waals surface area contributed by atoms with E-state index in [1.165, 1.54) is 16.2 Å². The highest BCUT2D eigenvalue weighted by molar-refractivity contribution is 8.00. The van der Waals surface area contributed by atoms with E-state index >= 15 is 0 Å². The molecule has 0 aliphatic carbocycles. The average molecular weight is 334 g/mol. The van der Waals surface area contributed by atoms with Crippen molar-refractivity contribution in [2.45, 2.75) is 10.1 Å². The van der Waals surface area contributed by atoms with Crippen LogP contribution in [-0.2, 0) is 5.75 Å². The molecule has 0 aromatic carbocycles. The molecule has 8 heteroatoms. The summed E-state index contributed by atoms with van der Waals surface area (Å²) in [7, 11) is 0. The van der Waals surface area contributed by atoms with Crippen LogP contribution in [0.3, 0.4) is 0 Å². The van der Waals surface area contributed by atoms with Crippen molar-refractivity contribution in [3.8, 4) is 0 Å². The first-order valence-corrected chi connectivity index (χ1v) is 8.69. The number of anilines is 1. The number of rotatable bonds is 5. The van der Waals surface area contributed by atoms with Gasteiger partial charge in [0.05, 0.1) is 0 Å². The Morgan fingerprint density at radius 1 is 1.24 bits per heavy atom. The maximum absolute atomic E-state index is 12.0. The van der Waals surface area contributed by atoms with Gasteiger partial charge in [0.1, 0.15) is 0 Å². The van der Waals surface area contributed by atoms with Gasteiger partial charge in [0.2, 0.25) is 5.13 Å². The van der Waals surface area contributed by atoms with Gasteiger partial charge >= 0.3 is 0 Å². The minimum Gasteiger partial charge on any atom is -0.296 e. The molecule has 1 amide bonds. The predicted molar refractivity (Wildman–Crippen MR) is 86.0 cm³/mol. The van der Waals surface area contributed by atoms with E-state index in [9.17, 15) is 4.79 Å². The van der Waals surface area contributed by atoms with Gasteiger partial charge in [-0.2, -0.15) is 0 Å². The first-order chi connectivity index (χ1) is 10.3. The van der Waals surface area contributed by atoms with Crippen LogP contribution in [0.25, 0.3) is 0 Å². The van der Waals surface area contributed by atoms with E-state index in [4.69, 9.17) is 0 Å². The molecule has 0 saturated carbocycles. The first kappa shape index (κ1) is 14.2. The van der Waals surface area contributed by atoms with Crippen LogP contribution in [0.1, 0.15) is 15.2 Å². The van der Waals surface area contributed by atoms with E-state index < -0.39 is 0 Å². The average Bonchev–Trinajstić information content (AvgIpc) is 3.17. The summed E-state index contributed by atoms with van der Waals surface area (Å²) < 4.78 is 0.841. The number of nitrogens with zero attached hydrogens (tertiary/aromatic N) is 3. The molecule has 106 valence electrons. The third-order valence-corrected chi connectivity index (χ3v) is 5.57. The summed E-state index contributed by atoms with van der Waals surface area (Å²) in [5.41, 5.74) is 0.549. The summed E-state index contributed by atoms with van der Waals surface area (Å²) in [5.74, 6) is 0.660. The summed E-state index contributed by atoms with van der Waals surface area (Å²) in [4.78, 5) is 17.1. The summed E-state index contributed by atoms with van der Waals surface area (Å²) in [6.07, 6.45) is 3.16. The second-order valence-corrected chi connectivity index (χ2v) is 7.16. The predicted octanol–water partition coefficient (Wildman–Crippen LogP) is 3.54. The Balaban J connectivity index is 1.59. The van der Waals surface area contributed by atoms with Crippen LogP contribution < -0.4 is 5.32 Å². The minimum atomic E-state index is -0.205. The number of hydrogen-bond acceptors (Lipinski definition) is 7. The minimum absolute atomic E-state index is 0.205. The van der Waals surface area contributed by atoms with Crippen molar-refractivity contribution in [1.82, 2.24) is 15.2 Å². The van der Waals surface area contributed by atoms with E-state index in [0.29, 0.717) is 10.7 Å². The lowest BCUT2D eigenvalue weighted by atomic mass is 10.2. The van der Waals surface area contributed by atoms with Gasteiger partial charge in [0, 0.05) is 28.6 Å². The van der Waals surface area contributed by atoms with Gasteiger partial charge in [0.15, 0.2) is 4.34 Å². The molecule has 0 radical (unpaired) electrons.